The van der Waals surface area contributed by atoms with Gasteiger partial charge in [-0.25, -0.2) is 0 Å². The van der Waals surface area contributed by atoms with Crippen LogP contribution in [0.1, 0.15) is 11.6 Å². The molecule has 0 saturated carbocycles. The molecule has 2 atom stereocenters. The molecule has 16 heavy (non-hydrogen) atoms. The molecule has 1 saturated heterocycles. The third-order valence-corrected chi connectivity index (χ3v) is 4.41. The quantitative estimate of drug-likeness (QED) is 0.881. The van der Waals surface area contributed by atoms with Gasteiger partial charge in [-0.3, -0.25) is 4.90 Å². The van der Waals surface area contributed by atoms with Crippen molar-refractivity contribution in [1.29, 1.82) is 0 Å². The number of rotatable bonds is 2. The molecule has 1 aromatic rings. The molecular weight excluding hydrogens is 240 g/mol. The van der Waals surface area contributed by atoms with Gasteiger partial charge in [-0.15, -0.1) is 0 Å². The standard InChI is InChI=1S/C12H17ClN2S/c1-15-6-7-16-8-11(15)12(14)9-2-4-10(13)5-3-9/h2-5,11-12H,6-8,14H2,1H3. The topological polar surface area (TPSA) is 29.3 Å². The van der Waals surface area contributed by atoms with Gasteiger partial charge in [-0.2, -0.15) is 11.8 Å². The molecule has 2 rings (SSSR count). The van der Waals surface area contributed by atoms with Gasteiger partial charge < -0.3 is 5.73 Å². The maximum absolute atomic E-state index is 6.31. The summed E-state index contributed by atoms with van der Waals surface area (Å²) in [5.74, 6) is 2.32. The lowest BCUT2D eigenvalue weighted by Crippen LogP contribution is -2.46. The number of thioether (sulfide) groups is 1. The van der Waals surface area contributed by atoms with E-state index in [4.69, 9.17) is 17.3 Å². The maximum atomic E-state index is 6.31. The van der Waals surface area contributed by atoms with Crippen LogP contribution in [0.25, 0.3) is 0 Å². The molecule has 0 amide bonds. The van der Waals surface area contributed by atoms with Crippen LogP contribution in [-0.2, 0) is 0 Å². The van der Waals surface area contributed by atoms with E-state index >= 15 is 0 Å². The minimum Gasteiger partial charge on any atom is -0.323 e. The van der Waals surface area contributed by atoms with E-state index in [0.29, 0.717) is 6.04 Å². The number of likely N-dealkylation sites (N-methyl/N-ethyl adjacent to an activating group) is 1. The Morgan fingerprint density at radius 3 is 2.75 bits per heavy atom. The number of halogens is 1. The first kappa shape index (κ1) is 12.2. The van der Waals surface area contributed by atoms with Gasteiger partial charge in [0.15, 0.2) is 0 Å². The van der Waals surface area contributed by atoms with Crippen LogP contribution >= 0.6 is 23.4 Å². The van der Waals surface area contributed by atoms with E-state index in [9.17, 15) is 0 Å². The summed E-state index contributed by atoms with van der Waals surface area (Å²) in [5.41, 5.74) is 7.48. The fourth-order valence-corrected chi connectivity index (χ4v) is 3.40. The van der Waals surface area contributed by atoms with Crippen molar-refractivity contribution in [2.75, 3.05) is 25.1 Å². The van der Waals surface area contributed by atoms with E-state index < -0.39 is 0 Å². The van der Waals surface area contributed by atoms with Gasteiger partial charge >= 0.3 is 0 Å². The van der Waals surface area contributed by atoms with Crippen molar-refractivity contribution in [3.8, 4) is 0 Å². The van der Waals surface area contributed by atoms with Crippen LogP contribution in [0.4, 0.5) is 0 Å². The summed E-state index contributed by atoms with van der Waals surface area (Å²) >= 11 is 7.86. The molecule has 0 radical (unpaired) electrons. The predicted molar refractivity (Wildman–Crippen MR) is 72.1 cm³/mol. The van der Waals surface area contributed by atoms with Crippen LogP contribution in [0.5, 0.6) is 0 Å². The molecule has 2 nitrogen and oxygen atoms in total. The minimum absolute atomic E-state index is 0.0788. The zero-order chi connectivity index (χ0) is 11.5. The Morgan fingerprint density at radius 1 is 1.44 bits per heavy atom. The van der Waals surface area contributed by atoms with Crippen molar-refractivity contribution in [2.45, 2.75) is 12.1 Å². The normalized spacial score (nSPS) is 24.3. The fourth-order valence-electron chi connectivity index (χ4n) is 1.99. The zero-order valence-electron chi connectivity index (χ0n) is 9.40. The van der Waals surface area contributed by atoms with Crippen LogP contribution < -0.4 is 5.73 Å². The molecule has 2 N–H and O–H groups in total. The zero-order valence-corrected chi connectivity index (χ0v) is 11.0. The second-order valence-electron chi connectivity index (χ2n) is 4.20. The highest BCUT2D eigenvalue weighted by Gasteiger charge is 2.26. The average molecular weight is 257 g/mol. The summed E-state index contributed by atoms with van der Waals surface area (Å²) in [5, 5.41) is 0.766. The Morgan fingerprint density at radius 2 is 2.12 bits per heavy atom. The van der Waals surface area contributed by atoms with Crippen molar-refractivity contribution in [1.82, 2.24) is 4.90 Å². The van der Waals surface area contributed by atoms with E-state index in [-0.39, 0.29) is 6.04 Å². The highest BCUT2D eigenvalue weighted by Crippen LogP contribution is 2.25. The Bertz CT molecular complexity index is 341. The van der Waals surface area contributed by atoms with Crippen LogP contribution in [0, 0.1) is 0 Å². The Balaban J connectivity index is 2.11. The van der Waals surface area contributed by atoms with E-state index in [1.54, 1.807) is 0 Å². The number of hydrogen-bond acceptors (Lipinski definition) is 3. The van der Waals surface area contributed by atoms with Crippen LogP contribution in [0.2, 0.25) is 5.02 Å². The molecule has 0 aliphatic carbocycles. The number of nitrogens with two attached hydrogens (primary N) is 1. The fraction of sp³-hybridized carbons (Fsp3) is 0.500. The molecule has 4 heteroatoms. The van der Waals surface area contributed by atoms with Gasteiger partial charge in [-0.05, 0) is 24.7 Å². The number of nitrogens with zero attached hydrogens (tertiary/aromatic N) is 1. The molecule has 1 aliphatic heterocycles. The summed E-state index contributed by atoms with van der Waals surface area (Å²) in [6.07, 6.45) is 0. The molecule has 1 aromatic carbocycles. The van der Waals surface area contributed by atoms with Crippen molar-refractivity contribution < 1.29 is 0 Å². The predicted octanol–water partition coefficient (Wildman–Crippen LogP) is 2.39. The third-order valence-electron chi connectivity index (χ3n) is 3.11. The molecule has 0 bridgehead atoms. The molecule has 0 aromatic heterocycles. The van der Waals surface area contributed by atoms with E-state index in [2.05, 4.69) is 11.9 Å². The number of benzene rings is 1. The lowest BCUT2D eigenvalue weighted by atomic mass is 10.0. The first-order valence-electron chi connectivity index (χ1n) is 5.47. The van der Waals surface area contributed by atoms with Crippen molar-refractivity contribution in [2.24, 2.45) is 5.73 Å². The Labute approximate surface area is 106 Å². The van der Waals surface area contributed by atoms with Gasteiger partial charge in [-0.1, -0.05) is 23.7 Å². The lowest BCUT2D eigenvalue weighted by molar-refractivity contribution is 0.237. The Hall–Kier alpha value is -0.220. The summed E-state index contributed by atoms with van der Waals surface area (Å²) in [4.78, 5) is 2.36. The van der Waals surface area contributed by atoms with Crippen molar-refractivity contribution >= 4 is 23.4 Å². The van der Waals surface area contributed by atoms with Crippen molar-refractivity contribution in [3.05, 3.63) is 34.9 Å². The number of hydrogen-bond donors (Lipinski definition) is 1. The monoisotopic (exact) mass is 256 g/mol. The average Bonchev–Trinajstić information content (AvgIpc) is 2.30. The molecular formula is C12H17ClN2S. The summed E-state index contributed by atoms with van der Waals surface area (Å²) in [7, 11) is 2.15. The molecule has 2 unspecified atom stereocenters. The maximum Gasteiger partial charge on any atom is 0.0461 e. The second-order valence-corrected chi connectivity index (χ2v) is 5.79. The van der Waals surface area contributed by atoms with E-state index in [1.165, 1.54) is 11.3 Å². The third kappa shape index (κ3) is 2.72. The summed E-state index contributed by atoms with van der Waals surface area (Å²) < 4.78 is 0. The molecule has 88 valence electrons. The smallest absolute Gasteiger partial charge is 0.0461 e. The first-order valence-corrected chi connectivity index (χ1v) is 7.01. The first-order chi connectivity index (χ1) is 7.68. The molecule has 0 spiro atoms. The van der Waals surface area contributed by atoms with E-state index in [1.807, 2.05) is 36.0 Å². The SMILES string of the molecule is CN1CCSCC1C(N)c1ccc(Cl)cc1. The highest BCUT2D eigenvalue weighted by atomic mass is 35.5. The minimum atomic E-state index is 0.0788. The largest absolute Gasteiger partial charge is 0.323 e. The highest BCUT2D eigenvalue weighted by molar-refractivity contribution is 7.99. The second kappa shape index (κ2) is 5.41. The van der Waals surface area contributed by atoms with Gasteiger partial charge in [0.25, 0.3) is 0 Å². The molecule has 1 heterocycles. The molecule has 1 fully saturated rings. The van der Waals surface area contributed by atoms with Crippen molar-refractivity contribution in [3.63, 3.8) is 0 Å². The Kier molecular flexibility index (Phi) is 4.14. The van der Waals surface area contributed by atoms with Gasteiger partial charge in [0, 0.05) is 35.2 Å². The lowest BCUT2D eigenvalue weighted by Gasteiger charge is -2.36. The summed E-state index contributed by atoms with van der Waals surface area (Å²) in [6.45, 7) is 1.12. The van der Waals surface area contributed by atoms with Gasteiger partial charge in [0.05, 0.1) is 0 Å². The summed E-state index contributed by atoms with van der Waals surface area (Å²) in [6, 6.07) is 8.38. The van der Waals surface area contributed by atoms with Crippen LogP contribution in [-0.4, -0.2) is 36.0 Å². The van der Waals surface area contributed by atoms with E-state index in [0.717, 1.165) is 17.3 Å². The van der Waals surface area contributed by atoms with Gasteiger partial charge in [0.2, 0.25) is 0 Å². The molecule has 1 aliphatic rings. The van der Waals surface area contributed by atoms with Crippen LogP contribution in [0.15, 0.2) is 24.3 Å². The van der Waals surface area contributed by atoms with Gasteiger partial charge in [0.1, 0.15) is 0 Å². The van der Waals surface area contributed by atoms with Crippen LogP contribution in [0.3, 0.4) is 0 Å².